The predicted molar refractivity (Wildman–Crippen MR) is 73.6 cm³/mol. The van der Waals surface area contributed by atoms with E-state index in [-0.39, 0.29) is 11.7 Å². The smallest absolute Gasteiger partial charge is 0.157 e. The molecule has 0 aliphatic carbocycles. The summed E-state index contributed by atoms with van der Waals surface area (Å²) in [5, 5.41) is 1.15. The third-order valence-electron chi connectivity index (χ3n) is 3.44. The van der Waals surface area contributed by atoms with Crippen LogP contribution in [0.4, 0.5) is 0 Å². The minimum Gasteiger partial charge on any atom is -0.381 e. The van der Waals surface area contributed by atoms with Crippen molar-refractivity contribution < 1.29 is 9.53 Å². The van der Waals surface area contributed by atoms with Gasteiger partial charge in [0.25, 0.3) is 0 Å². The van der Waals surface area contributed by atoms with Crippen LogP contribution in [-0.4, -0.2) is 23.6 Å². The number of rotatable bonds is 3. The van der Waals surface area contributed by atoms with Gasteiger partial charge in [-0.3, -0.25) is 4.79 Å². The summed E-state index contributed by atoms with van der Waals surface area (Å²) in [6.45, 7) is 1.75. The maximum absolute atomic E-state index is 12.1. The molecule has 18 heavy (non-hydrogen) atoms. The molecule has 1 atom stereocenters. The Balaban J connectivity index is 1.84. The number of nitrogens with zero attached hydrogens (tertiary/aromatic N) is 1. The number of ether oxygens (including phenoxy) is 1. The number of hydrogen-bond donors (Lipinski definition) is 0. The van der Waals surface area contributed by atoms with Crippen LogP contribution in [0.5, 0.6) is 0 Å². The fourth-order valence-corrected chi connectivity index (χ4v) is 2.77. The van der Waals surface area contributed by atoms with Crippen LogP contribution in [0, 0.1) is 5.92 Å². The van der Waals surface area contributed by atoms with E-state index in [0.29, 0.717) is 13.2 Å². The highest BCUT2D eigenvalue weighted by atomic mass is 79.9. The number of halogens is 1. The lowest BCUT2D eigenvalue weighted by atomic mass is 10.0. The second-order valence-electron chi connectivity index (χ2n) is 4.67. The zero-order valence-electron chi connectivity index (χ0n) is 9.93. The van der Waals surface area contributed by atoms with E-state index in [4.69, 9.17) is 4.74 Å². The van der Waals surface area contributed by atoms with Crippen LogP contribution in [-0.2, 0) is 16.1 Å². The molecule has 1 aliphatic heterocycles. The lowest BCUT2D eigenvalue weighted by Crippen LogP contribution is -2.19. The van der Waals surface area contributed by atoms with Crippen molar-refractivity contribution in [3.05, 3.63) is 34.9 Å². The number of hydrogen-bond acceptors (Lipinski definition) is 2. The Labute approximate surface area is 114 Å². The molecular weight excluding hydrogens is 294 g/mol. The average Bonchev–Trinajstić information content (AvgIpc) is 2.98. The maximum Gasteiger partial charge on any atom is 0.157 e. The molecule has 3 rings (SSSR count). The SMILES string of the molecule is O=C(Cn1ccc2cc(Br)ccc21)C1CCOC1. The molecule has 1 unspecified atom stereocenters. The lowest BCUT2D eigenvalue weighted by Gasteiger charge is -2.08. The van der Waals surface area contributed by atoms with Crippen LogP contribution >= 0.6 is 15.9 Å². The van der Waals surface area contributed by atoms with Gasteiger partial charge in [0.2, 0.25) is 0 Å². The van der Waals surface area contributed by atoms with E-state index in [1.54, 1.807) is 0 Å². The number of carbonyl (C=O) groups is 1. The van der Waals surface area contributed by atoms with Crippen molar-refractivity contribution in [2.24, 2.45) is 5.92 Å². The molecule has 0 radical (unpaired) electrons. The first-order valence-electron chi connectivity index (χ1n) is 6.09. The van der Waals surface area contributed by atoms with Gasteiger partial charge >= 0.3 is 0 Å². The van der Waals surface area contributed by atoms with E-state index in [1.807, 2.05) is 29.0 Å². The molecule has 4 heteroatoms. The van der Waals surface area contributed by atoms with Crippen molar-refractivity contribution in [2.45, 2.75) is 13.0 Å². The molecule has 94 valence electrons. The molecule has 0 amide bonds. The third-order valence-corrected chi connectivity index (χ3v) is 3.94. The van der Waals surface area contributed by atoms with E-state index in [1.165, 1.54) is 0 Å². The Kier molecular flexibility index (Phi) is 3.22. The lowest BCUT2D eigenvalue weighted by molar-refractivity contribution is -0.123. The summed E-state index contributed by atoms with van der Waals surface area (Å²) in [6.07, 6.45) is 2.84. The van der Waals surface area contributed by atoms with Crippen LogP contribution in [0.2, 0.25) is 0 Å². The number of fused-ring (bicyclic) bond motifs is 1. The zero-order chi connectivity index (χ0) is 12.5. The molecule has 0 spiro atoms. The van der Waals surface area contributed by atoms with E-state index in [2.05, 4.69) is 22.0 Å². The van der Waals surface area contributed by atoms with Gasteiger partial charge in [0.15, 0.2) is 5.78 Å². The first-order valence-corrected chi connectivity index (χ1v) is 6.88. The quantitative estimate of drug-likeness (QED) is 0.873. The average molecular weight is 308 g/mol. The topological polar surface area (TPSA) is 31.2 Å². The summed E-state index contributed by atoms with van der Waals surface area (Å²) >= 11 is 3.45. The van der Waals surface area contributed by atoms with E-state index >= 15 is 0 Å². The number of Topliss-reactive ketones (excluding diaryl/α,β-unsaturated/α-hetero) is 1. The standard InChI is InChI=1S/C14H14BrNO2/c15-12-1-2-13-10(7-12)3-5-16(13)8-14(17)11-4-6-18-9-11/h1-3,5,7,11H,4,6,8-9H2. The fraction of sp³-hybridized carbons (Fsp3) is 0.357. The van der Waals surface area contributed by atoms with Crippen LogP contribution in [0.3, 0.4) is 0 Å². The Morgan fingerprint density at radius 3 is 3.11 bits per heavy atom. The molecule has 1 aromatic heterocycles. The highest BCUT2D eigenvalue weighted by Gasteiger charge is 2.23. The fourth-order valence-electron chi connectivity index (χ4n) is 2.39. The summed E-state index contributed by atoms with van der Waals surface area (Å²) in [7, 11) is 0. The van der Waals surface area contributed by atoms with Crippen LogP contribution in [0.1, 0.15) is 6.42 Å². The van der Waals surface area contributed by atoms with Crippen molar-refractivity contribution in [3.8, 4) is 0 Å². The molecule has 3 nitrogen and oxygen atoms in total. The molecule has 0 N–H and O–H groups in total. The van der Waals surface area contributed by atoms with Gasteiger partial charge in [-0.15, -0.1) is 0 Å². The Morgan fingerprint density at radius 1 is 1.44 bits per heavy atom. The van der Waals surface area contributed by atoms with E-state index in [0.717, 1.165) is 28.4 Å². The van der Waals surface area contributed by atoms with Gasteiger partial charge in [-0.2, -0.15) is 0 Å². The van der Waals surface area contributed by atoms with Gasteiger partial charge in [-0.25, -0.2) is 0 Å². The summed E-state index contributed by atoms with van der Waals surface area (Å²) in [5.41, 5.74) is 1.10. The number of benzene rings is 1. The van der Waals surface area contributed by atoms with E-state index in [9.17, 15) is 4.79 Å². The summed E-state index contributed by atoms with van der Waals surface area (Å²) in [5.74, 6) is 0.353. The summed E-state index contributed by atoms with van der Waals surface area (Å²) in [4.78, 5) is 12.1. The molecule has 1 fully saturated rings. The first kappa shape index (κ1) is 11.9. The molecule has 2 aromatic rings. The molecule has 2 heterocycles. The van der Waals surface area contributed by atoms with Gasteiger partial charge in [0, 0.05) is 34.1 Å². The minimum absolute atomic E-state index is 0.0814. The normalized spacial score (nSPS) is 19.5. The Morgan fingerprint density at radius 2 is 2.33 bits per heavy atom. The zero-order valence-corrected chi connectivity index (χ0v) is 11.5. The van der Waals surface area contributed by atoms with Crippen LogP contribution in [0.15, 0.2) is 34.9 Å². The van der Waals surface area contributed by atoms with Crippen LogP contribution < -0.4 is 0 Å². The largest absolute Gasteiger partial charge is 0.381 e. The van der Waals surface area contributed by atoms with Gasteiger partial charge in [-0.05, 0) is 30.7 Å². The Bertz CT molecular complexity index is 584. The number of ketones is 1. The van der Waals surface area contributed by atoms with Gasteiger partial charge < -0.3 is 9.30 Å². The van der Waals surface area contributed by atoms with Gasteiger partial charge in [-0.1, -0.05) is 15.9 Å². The monoisotopic (exact) mass is 307 g/mol. The van der Waals surface area contributed by atoms with Crippen molar-refractivity contribution in [3.63, 3.8) is 0 Å². The molecule has 1 saturated heterocycles. The number of aromatic nitrogens is 1. The second-order valence-corrected chi connectivity index (χ2v) is 5.59. The van der Waals surface area contributed by atoms with Crippen LogP contribution in [0.25, 0.3) is 10.9 Å². The van der Waals surface area contributed by atoms with Gasteiger partial charge in [0.1, 0.15) is 0 Å². The highest BCUT2D eigenvalue weighted by molar-refractivity contribution is 9.10. The molecular formula is C14H14BrNO2. The highest BCUT2D eigenvalue weighted by Crippen LogP contribution is 2.22. The summed E-state index contributed by atoms with van der Waals surface area (Å²) in [6, 6.07) is 8.15. The van der Waals surface area contributed by atoms with Gasteiger partial charge in [0.05, 0.1) is 13.2 Å². The Hall–Kier alpha value is -1.13. The minimum atomic E-state index is 0.0814. The predicted octanol–water partition coefficient (Wildman–Crippen LogP) is 3.01. The third kappa shape index (κ3) is 2.22. The summed E-state index contributed by atoms with van der Waals surface area (Å²) < 4.78 is 8.34. The molecule has 1 aliphatic rings. The van der Waals surface area contributed by atoms with Crippen molar-refractivity contribution in [2.75, 3.05) is 13.2 Å². The van der Waals surface area contributed by atoms with Crippen molar-refractivity contribution >= 4 is 32.6 Å². The maximum atomic E-state index is 12.1. The molecule has 1 aromatic carbocycles. The van der Waals surface area contributed by atoms with Crippen molar-refractivity contribution in [1.82, 2.24) is 4.57 Å². The number of carbonyl (C=O) groups excluding carboxylic acids is 1. The molecule has 0 saturated carbocycles. The van der Waals surface area contributed by atoms with Crippen molar-refractivity contribution in [1.29, 1.82) is 0 Å². The van der Waals surface area contributed by atoms with E-state index < -0.39 is 0 Å². The first-order chi connectivity index (χ1) is 8.74. The second kappa shape index (κ2) is 4.86. The molecule has 0 bridgehead atoms.